The first kappa shape index (κ1) is 8.85. The summed E-state index contributed by atoms with van der Waals surface area (Å²) in [4.78, 5) is 2.79. The van der Waals surface area contributed by atoms with Gasteiger partial charge in [0.25, 0.3) is 0 Å². The highest BCUT2D eigenvalue weighted by molar-refractivity contribution is 8.00. The average Bonchev–Trinajstić information content (AvgIpc) is 2.41. The van der Waals surface area contributed by atoms with Crippen molar-refractivity contribution in [2.24, 2.45) is 5.92 Å². The zero-order valence-electron chi connectivity index (χ0n) is 7.88. The van der Waals surface area contributed by atoms with Crippen molar-refractivity contribution in [3.05, 3.63) is 0 Å². The van der Waals surface area contributed by atoms with Crippen LogP contribution >= 0.6 is 11.8 Å². The van der Waals surface area contributed by atoms with Crippen molar-refractivity contribution >= 4 is 11.8 Å². The van der Waals surface area contributed by atoms with E-state index in [1.807, 2.05) is 0 Å². The first-order valence-electron chi connectivity index (χ1n) is 4.69. The lowest BCUT2D eigenvalue weighted by atomic mass is 9.95. The van der Waals surface area contributed by atoms with Crippen molar-refractivity contribution in [2.75, 3.05) is 32.6 Å². The van der Waals surface area contributed by atoms with Crippen molar-refractivity contribution < 1.29 is 4.74 Å². The van der Waals surface area contributed by atoms with Crippen molar-refractivity contribution in [3.8, 4) is 0 Å². The van der Waals surface area contributed by atoms with Crippen LogP contribution in [0.2, 0.25) is 0 Å². The fraction of sp³-hybridized carbons (Fsp3) is 1.00. The quantitative estimate of drug-likeness (QED) is 0.569. The fourth-order valence-electron chi connectivity index (χ4n) is 2.18. The minimum atomic E-state index is 0.318. The van der Waals surface area contributed by atoms with Gasteiger partial charge in [0.1, 0.15) is 0 Å². The molecule has 2 heterocycles. The van der Waals surface area contributed by atoms with Crippen LogP contribution < -0.4 is 0 Å². The Morgan fingerprint density at radius 1 is 1.58 bits per heavy atom. The van der Waals surface area contributed by atoms with Crippen LogP contribution in [0.25, 0.3) is 0 Å². The van der Waals surface area contributed by atoms with E-state index in [0.29, 0.717) is 4.87 Å². The van der Waals surface area contributed by atoms with Gasteiger partial charge in [-0.1, -0.05) is 6.92 Å². The number of ether oxygens (including phenoxy) is 1. The second-order valence-corrected chi connectivity index (χ2v) is 5.26. The molecule has 0 aromatic rings. The fourth-order valence-corrected chi connectivity index (χ4v) is 3.77. The Balaban J connectivity index is 2.15. The van der Waals surface area contributed by atoms with E-state index in [2.05, 4.69) is 30.6 Å². The molecule has 2 aliphatic heterocycles. The summed E-state index contributed by atoms with van der Waals surface area (Å²) in [5.41, 5.74) is 0. The monoisotopic (exact) mass is 187 g/mol. The van der Waals surface area contributed by atoms with Gasteiger partial charge >= 0.3 is 0 Å². The number of nitrogens with zero attached hydrogens (tertiary/aromatic N) is 1. The molecular formula is C9H17NOS. The molecule has 2 saturated heterocycles. The molecule has 0 aromatic heterocycles. The van der Waals surface area contributed by atoms with E-state index in [9.17, 15) is 0 Å². The lowest BCUT2D eigenvalue weighted by molar-refractivity contribution is -0.0146. The van der Waals surface area contributed by atoms with Gasteiger partial charge < -0.3 is 4.74 Å². The summed E-state index contributed by atoms with van der Waals surface area (Å²) in [5, 5.41) is 0. The smallest absolute Gasteiger partial charge is 0.0931 e. The molecule has 2 rings (SSSR count). The highest BCUT2D eigenvalue weighted by Crippen LogP contribution is 2.44. The maximum atomic E-state index is 5.59. The third-order valence-corrected chi connectivity index (χ3v) is 4.92. The molecule has 12 heavy (non-hydrogen) atoms. The first-order chi connectivity index (χ1) is 5.76. The zero-order valence-corrected chi connectivity index (χ0v) is 8.69. The van der Waals surface area contributed by atoms with E-state index in [1.54, 1.807) is 0 Å². The highest BCUT2D eigenvalue weighted by Gasteiger charge is 2.46. The molecule has 1 spiro atoms. The Labute approximate surface area is 78.6 Å². The average molecular weight is 187 g/mol. The number of likely N-dealkylation sites (N-methyl/N-ethyl adjacent to an activating group) is 1. The Hall–Kier alpha value is 0.270. The third kappa shape index (κ3) is 1.19. The van der Waals surface area contributed by atoms with Crippen LogP contribution in [0.15, 0.2) is 0 Å². The van der Waals surface area contributed by atoms with Gasteiger partial charge in [0, 0.05) is 18.9 Å². The molecule has 0 unspecified atom stereocenters. The second-order valence-electron chi connectivity index (χ2n) is 3.86. The van der Waals surface area contributed by atoms with Crippen LogP contribution in [0.5, 0.6) is 0 Å². The molecule has 2 aliphatic rings. The Bertz CT molecular complexity index is 176. The highest BCUT2D eigenvalue weighted by atomic mass is 32.2. The van der Waals surface area contributed by atoms with Gasteiger partial charge in [-0.25, -0.2) is 0 Å². The topological polar surface area (TPSA) is 12.5 Å². The van der Waals surface area contributed by atoms with Crippen molar-refractivity contribution in [2.45, 2.75) is 18.2 Å². The molecule has 0 bridgehead atoms. The molecule has 2 nitrogen and oxygen atoms in total. The minimum absolute atomic E-state index is 0.318. The molecular weight excluding hydrogens is 170 g/mol. The molecule has 0 saturated carbocycles. The summed E-state index contributed by atoms with van der Waals surface area (Å²) in [6, 6.07) is 0. The summed E-state index contributed by atoms with van der Waals surface area (Å²) in [6.07, 6.45) is 1.22. The SMILES string of the molecule is C[C@H]1CCOC[C@]12SCCN2C. The molecule has 2 atom stereocenters. The number of hydrogen-bond acceptors (Lipinski definition) is 3. The van der Waals surface area contributed by atoms with E-state index in [0.717, 1.165) is 19.1 Å². The molecule has 0 radical (unpaired) electrons. The van der Waals surface area contributed by atoms with Gasteiger partial charge in [0.15, 0.2) is 0 Å². The van der Waals surface area contributed by atoms with E-state index >= 15 is 0 Å². The molecule has 0 aliphatic carbocycles. The van der Waals surface area contributed by atoms with Crippen LogP contribution in [-0.4, -0.2) is 42.3 Å². The van der Waals surface area contributed by atoms with E-state index < -0.39 is 0 Å². The van der Waals surface area contributed by atoms with Crippen LogP contribution in [0.1, 0.15) is 13.3 Å². The number of rotatable bonds is 0. The van der Waals surface area contributed by atoms with Gasteiger partial charge in [0.2, 0.25) is 0 Å². The second kappa shape index (κ2) is 3.20. The zero-order chi connectivity index (χ0) is 8.60. The third-order valence-electron chi connectivity index (χ3n) is 3.20. The predicted molar refractivity (Wildman–Crippen MR) is 52.4 cm³/mol. The molecule has 0 N–H and O–H groups in total. The molecule has 0 aromatic carbocycles. The van der Waals surface area contributed by atoms with E-state index in [1.165, 1.54) is 18.7 Å². The summed E-state index contributed by atoms with van der Waals surface area (Å²) < 4.78 is 5.59. The summed E-state index contributed by atoms with van der Waals surface area (Å²) in [6.45, 7) is 5.46. The van der Waals surface area contributed by atoms with Crippen molar-refractivity contribution in [1.82, 2.24) is 4.90 Å². The summed E-state index contributed by atoms with van der Waals surface area (Å²) >= 11 is 2.08. The van der Waals surface area contributed by atoms with Crippen molar-refractivity contribution in [3.63, 3.8) is 0 Å². The van der Waals surface area contributed by atoms with Crippen LogP contribution in [0.4, 0.5) is 0 Å². The summed E-state index contributed by atoms with van der Waals surface area (Å²) in [7, 11) is 2.23. The maximum absolute atomic E-state index is 5.59. The molecule has 2 fully saturated rings. The van der Waals surface area contributed by atoms with E-state index in [-0.39, 0.29) is 0 Å². The minimum Gasteiger partial charge on any atom is -0.379 e. The number of hydrogen-bond donors (Lipinski definition) is 0. The lowest BCUT2D eigenvalue weighted by Crippen LogP contribution is -2.51. The normalized spacial score (nSPS) is 44.0. The first-order valence-corrected chi connectivity index (χ1v) is 5.67. The van der Waals surface area contributed by atoms with E-state index in [4.69, 9.17) is 4.74 Å². The molecule has 0 amide bonds. The predicted octanol–water partition coefficient (Wildman–Crippen LogP) is 1.42. The maximum Gasteiger partial charge on any atom is 0.0931 e. The van der Waals surface area contributed by atoms with Gasteiger partial charge in [-0.3, -0.25) is 4.90 Å². The van der Waals surface area contributed by atoms with Crippen LogP contribution in [0, 0.1) is 5.92 Å². The van der Waals surface area contributed by atoms with Crippen molar-refractivity contribution in [1.29, 1.82) is 0 Å². The number of thioether (sulfide) groups is 1. The Morgan fingerprint density at radius 3 is 3.00 bits per heavy atom. The van der Waals surface area contributed by atoms with Gasteiger partial charge in [0.05, 0.1) is 11.5 Å². The van der Waals surface area contributed by atoms with Crippen LogP contribution in [0.3, 0.4) is 0 Å². The largest absolute Gasteiger partial charge is 0.379 e. The Kier molecular flexibility index (Phi) is 2.36. The van der Waals surface area contributed by atoms with Gasteiger partial charge in [-0.2, -0.15) is 0 Å². The molecule has 3 heteroatoms. The Morgan fingerprint density at radius 2 is 2.42 bits per heavy atom. The molecule has 70 valence electrons. The summed E-state index contributed by atoms with van der Waals surface area (Å²) in [5.74, 6) is 2.05. The lowest BCUT2D eigenvalue weighted by Gasteiger charge is -2.43. The van der Waals surface area contributed by atoms with Gasteiger partial charge in [-0.05, 0) is 19.4 Å². The van der Waals surface area contributed by atoms with Gasteiger partial charge in [-0.15, -0.1) is 11.8 Å². The van der Waals surface area contributed by atoms with Crippen LogP contribution in [-0.2, 0) is 4.74 Å². The standard InChI is InChI=1S/C9H17NOS/c1-8-3-5-11-7-9(8)10(2)4-6-12-9/h8H,3-7H2,1-2H3/t8-,9-/m0/s1.